The average molecular weight is 295 g/mol. The van der Waals surface area contributed by atoms with Crippen molar-refractivity contribution in [1.29, 1.82) is 0 Å². The summed E-state index contributed by atoms with van der Waals surface area (Å²) >= 11 is 0. The third kappa shape index (κ3) is 2.95. The second kappa shape index (κ2) is 5.93. The van der Waals surface area contributed by atoms with Gasteiger partial charge in [0, 0.05) is 42.1 Å². The van der Waals surface area contributed by atoms with E-state index in [1.165, 1.54) is 0 Å². The number of nitrogens with zero attached hydrogens (tertiary/aromatic N) is 3. The molecule has 0 saturated carbocycles. The predicted octanol–water partition coefficient (Wildman–Crippen LogP) is 2.02. The number of nitrogens with one attached hydrogen (secondary N) is 2. The number of aromatic nitrogens is 4. The van der Waals surface area contributed by atoms with Gasteiger partial charge in [0.1, 0.15) is 0 Å². The molecule has 0 fully saturated rings. The molecule has 0 aliphatic carbocycles. The summed E-state index contributed by atoms with van der Waals surface area (Å²) in [6, 6.07) is 5.47. The first-order chi connectivity index (χ1) is 10.6. The SMILES string of the molecule is Cc1cc(CC(C)NC(=O)c2ccnc3ccncc23)n[nH]1. The summed E-state index contributed by atoms with van der Waals surface area (Å²) in [6.45, 7) is 3.92. The van der Waals surface area contributed by atoms with E-state index in [4.69, 9.17) is 0 Å². The molecule has 3 rings (SSSR count). The maximum Gasteiger partial charge on any atom is 0.252 e. The second-order valence-electron chi connectivity index (χ2n) is 5.37. The highest BCUT2D eigenvalue weighted by Gasteiger charge is 2.14. The van der Waals surface area contributed by atoms with Crippen LogP contribution in [0.15, 0.2) is 36.8 Å². The van der Waals surface area contributed by atoms with Gasteiger partial charge in [0.15, 0.2) is 0 Å². The molecule has 6 nitrogen and oxygen atoms in total. The zero-order valence-electron chi connectivity index (χ0n) is 12.5. The van der Waals surface area contributed by atoms with Gasteiger partial charge in [0.25, 0.3) is 5.91 Å². The van der Waals surface area contributed by atoms with Crippen molar-refractivity contribution in [3.8, 4) is 0 Å². The number of carbonyl (C=O) groups excluding carboxylic acids is 1. The summed E-state index contributed by atoms with van der Waals surface area (Å²) in [5, 5.41) is 10.8. The molecule has 3 aromatic heterocycles. The Bertz CT molecular complexity index is 806. The van der Waals surface area contributed by atoms with Crippen molar-refractivity contribution >= 4 is 16.8 Å². The number of pyridine rings is 2. The van der Waals surface area contributed by atoms with Gasteiger partial charge >= 0.3 is 0 Å². The first kappa shape index (κ1) is 14.2. The highest BCUT2D eigenvalue weighted by molar-refractivity contribution is 6.05. The Kier molecular flexibility index (Phi) is 3.82. The van der Waals surface area contributed by atoms with Crippen LogP contribution in [-0.4, -0.2) is 32.1 Å². The third-order valence-corrected chi connectivity index (χ3v) is 3.44. The van der Waals surface area contributed by atoms with Crippen LogP contribution in [-0.2, 0) is 6.42 Å². The van der Waals surface area contributed by atoms with E-state index in [-0.39, 0.29) is 11.9 Å². The van der Waals surface area contributed by atoms with Gasteiger partial charge < -0.3 is 5.32 Å². The first-order valence-corrected chi connectivity index (χ1v) is 7.14. The topological polar surface area (TPSA) is 83.6 Å². The molecule has 112 valence electrons. The lowest BCUT2D eigenvalue weighted by atomic mass is 10.1. The van der Waals surface area contributed by atoms with Crippen LogP contribution in [0.4, 0.5) is 0 Å². The Labute approximate surface area is 128 Å². The van der Waals surface area contributed by atoms with Gasteiger partial charge in [-0.1, -0.05) is 0 Å². The maximum absolute atomic E-state index is 12.5. The van der Waals surface area contributed by atoms with Gasteiger partial charge in [0.2, 0.25) is 0 Å². The quantitative estimate of drug-likeness (QED) is 0.771. The van der Waals surface area contributed by atoms with E-state index in [0.29, 0.717) is 12.0 Å². The molecule has 22 heavy (non-hydrogen) atoms. The fourth-order valence-corrected chi connectivity index (χ4v) is 2.43. The number of carbonyl (C=O) groups is 1. The highest BCUT2D eigenvalue weighted by Crippen LogP contribution is 2.15. The highest BCUT2D eigenvalue weighted by atomic mass is 16.1. The van der Waals surface area contributed by atoms with Crippen LogP contribution in [0.5, 0.6) is 0 Å². The minimum absolute atomic E-state index is 0.0184. The molecular formula is C16H17N5O. The smallest absolute Gasteiger partial charge is 0.252 e. The maximum atomic E-state index is 12.5. The Morgan fingerprint density at radius 3 is 3.00 bits per heavy atom. The fraction of sp³-hybridized carbons (Fsp3) is 0.250. The molecule has 1 atom stereocenters. The van der Waals surface area contributed by atoms with Gasteiger partial charge in [-0.25, -0.2) is 0 Å². The van der Waals surface area contributed by atoms with Crippen molar-refractivity contribution < 1.29 is 4.79 Å². The van der Waals surface area contributed by atoms with E-state index in [9.17, 15) is 4.79 Å². The molecule has 3 aromatic rings. The van der Waals surface area contributed by atoms with Crippen molar-refractivity contribution in [3.63, 3.8) is 0 Å². The lowest BCUT2D eigenvalue weighted by Crippen LogP contribution is -2.34. The van der Waals surface area contributed by atoms with E-state index in [1.807, 2.05) is 19.9 Å². The summed E-state index contributed by atoms with van der Waals surface area (Å²) in [5.41, 5.74) is 3.30. The molecule has 0 aliphatic rings. The van der Waals surface area contributed by atoms with Crippen molar-refractivity contribution in [1.82, 2.24) is 25.5 Å². The molecule has 0 saturated heterocycles. The lowest BCUT2D eigenvalue weighted by Gasteiger charge is -2.13. The molecule has 2 N–H and O–H groups in total. The molecular weight excluding hydrogens is 278 g/mol. The van der Waals surface area contributed by atoms with Crippen LogP contribution in [0.25, 0.3) is 10.9 Å². The Morgan fingerprint density at radius 2 is 2.23 bits per heavy atom. The summed E-state index contributed by atoms with van der Waals surface area (Å²) < 4.78 is 0. The number of H-pyrrole nitrogens is 1. The molecule has 0 aliphatic heterocycles. The summed E-state index contributed by atoms with van der Waals surface area (Å²) in [5.74, 6) is -0.125. The van der Waals surface area contributed by atoms with Crippen LogP contribution < -0.4 is 5.32 Å². The van der Waals surface area contributed by atoms with E-state index < -0.39 is 0 Å². The van der Waals surface area contributed by atoms with Crippen molar-refractivity contribution in [2.24, 2.45) is 0 Å². The second-order valence-corrected chi connectivity index (χ2v) is 5.37. The monoisotopic (exact) mass is 295 g/mol. The van der Waals surface area contributed by atoms with Crippen LogP contribution in [0.1, 0.15) is 28.7 Å². The van der Waals surface area contributed by atoms with Crippen LogP contribution >= 0.6 is 0 Å². The van der Waals surface area contributed by atoms with Gasteiger partial charge in [-0.2, -0.15) is 5.10 Å². The molecule has 1 amide bonds. The number of amides is 1. The van der Waals surface area contributed by atoms with Crippen molar-refractivity contribution in [3.05, 3.63) is 53.7 Å². The minimum Gasteiger partial charge on any atom is -0.349 e. The molecule has 3 heterocycles. The average Bonchev–Trinajstić information content (AvgIpc) is 2.91. The molecule has 0 aromatic carbocycles. The van der Waals surface area contributed by atoms with E-state index in [2.05, 4.69) is 25.5 Å². The van der Waals surface area contributed by atoms with Crippen molar-refractivity contribution in [2.75, 3.05) is 0 Å². The third-order valence-electron chi connectivity index (χ3n) is 3.44. The van der Waals surface area contributed by atoms with Gasteiger partial charge in [-0.15, -0.1) is 0 Å². The molecule has 0 bridgehead atoms. The normalized spacial score (nSPS) is 12.3. The van der Waals surface area contributed by atoms with Crippen LogP contribution in [0.3, 0.4) is 0 Å². The zero-order valence-corrected chi connectivity index (χ0v) is 12.5. The zero-order chi connectivity index (χ0) is 15.5. The number of hydrogen-bond donors (Lipinski definition) is 2. The first-order valence-electron chi connectivity index (χ1n) is 7.14. The van der Waals surface area contributed by atoms with E-state index >= 15 is 0 Å². The Balaban J connectivity index is 1.75. The van der Waals surface area contributed by atoms with Gasteiger partial charge in [-0.3, -0.25) is 19.9 Å². The number of aromatic amines is 1. The molecule has 1 unspecified atom stereocenters. The van der Waals surface area contributed by atoms with Gasteiger partial charge in [0.05, 0.1) is 16.8 Å². The number of aryl methyl sites for hydroxylation is 1. The Morgan fingerprint density at radius 1 is 1.36 bits per heavy atom. The van der Waals surface area contributed by atoms with E-state index in [0.717, 1.165) is 22.3 Å². The van der Waals surface area contributed by atoms with E-state index in [1.54, 1.807) is 30.7 Å². The van der Waals surface area contributed by atoms with Crippen LogP contribution in [0, 0.1) is 6.92 Å². The molecule has 0 radical (unpaired) electrons. The lowest BCUT2D eigenvalue weighted by molar-refractivity contribution is 0.0941. The standard InChI is InChI=1S/C16H17N5O/c1-10(7-12-8-11(2)20-21-12)19-16(22)13-3-6-18-15-4-5-17-9-14(13)15/h3-6,8-10H,7H2,1-2H3,(H,19,22)(H,20,21). The summed E-state index contributed by atoms with van der Waals surface area (Å²) in [6.07, 6.45) is 5.65. The fourth-order valence-electron chi connectivity index (χ4n) is 2.43. The molecule has 0 spiro atoms. The minimum atomic E-state index is -0.125. The molecule has 6 heteroatoms. The number of fused-ring (bicyclic) bond motifs is 1. The summed E-state index contributed by atoms with van der Waals surface area (Å²) in [4.78, 5) is 20.8. The van der Waals surface area contributed by atoms with Crippen molar-refractivity contribution in [2.45, 2.75) is 26.3 Å². The number of hydrogen-bond acceptors (Lipinski definition) is 4. The Hall–Kier alpha value is -2.76. The van der Waals surface area contributed by atoms with Crippen LogP contribution in [0.2, 0.25) is 0 Å². The number of rotatable bonds is 4. The summed E-state index contributed by atoms with van der Waals surface area (Å²) in [7, 11) is 0. The largest absolute Gasteiger partial charge is 0.349 e. The van der Waals surface area contributed by atoms with Gasteiger partial charge in [-0.05, 0) is 32.0 Å². The predicted molar refractivity (Wildman–Crippen MR) is 83.5 cm³/mol.